The molecule has 9 heteroatoms. The van der Waals surface area contributed by atoms with Gasteiger partial charge in [-0.15, -0.1) is 0 Å². The number of esters is 1. The third-order valence-electron chi connectivity index (χ3n) is 2.47. The van der Waals surface area contributed by atoms with Crippen molar-refractivity contribution in [3.05, 3.63) is 47.3 Å². The van der Waals surface area contributed by atoms with Gasteiger partial charge in [-0.05, 0) is 24.3 Å². The molecule has 1 aromatic heterocycles. The summed E-state index contributed by atoms with van der Waals surface area (Å²) in [5.41, 5.74) is -1.69. The van der Waals surface area contributed by atoms with Crippen LogP contribution >= 0.6 is 0 Å². The molecule has 6 nitrogen and oxygen atoms in total. The van der Waals surface area contributed by atoms with Crippen LogP contribution in [0.3, 0.4) is 0 Å². The largest absolute Gasteiger partial charge is 0.478 e. The van der Waals surface area contributed by atoms with Gasteiger partial charge in [-0.1, -0.05) is 0 Å². The SMILES string of the molecule is O=C(O)c1cn[nH]c1C(=O)Oc1ccc(C(F)(F)F)cc1. The lowest BCUT2D eigenvalue weighted by Crippen LogP contribution is -2.13. The van der Waals surface area contributed by atoms with Crippen LogP contribution in [0.4, 0.5) is 13.2 Å². The van der Waals surface area contributed by atoms with E-state index in [1.165, 1.54) is 0 Å². The molecule has 21 heavy (non-hydrogen) atoms. The van der Waals surface area contributed by atoms with Crippen LogP contribution < -0.4 is 4.74 Å². The molecule has 0 atom stereocenters. The predicted molar refractivity (Wildman–Crippen MR) is 61.9 cm³/mol. The van der Waals surface area contributed by atoms with Gasteiger partial charge in [0, 0.05) is 0 Å². The van der Waals surface area contributed by atoms with Crippen LogP contribution in [-0.2, 0) is 6.18 Å². The number of nitrogens with zero attached hydrogens (tertiary/aromatic N) is 1. The van der Waals surface area contributed by atoms with E-state index in [1.807, 2.05) is 0 Å². The summed E-state index contributed by atoms with van der Waals surface area (Å²) in [6.45, 7) is 0. The Morgan fingerprint density at radius 2 is 1.81 bits per heavy atom. The van der Waals surface area contributed by atoms with Gasteiger partial charge in [0.05, 0.1) is 11.8 Å². The van der Waals surface area contributed by atoms with Gasteiger partial charge >= 0.3 is 18.1 Å². The molecule has 1 heterocycles. The van der Waals surface area contributed by atoms with Gasteiger partial charge in [-0.25, -0.2) is 9.59 Å². The Labute approximate surface area is 115 Å². The van der Waals surface area contributed by atoms with Crippen molar-refractivity contribution < 1.29 is 32.6 Å². The molecule has 0 amide bonds. The first-order valence-electron chi connectivity index (χ1n) is 5.45. The number of carboxylic acid groups (broad SMARTS) is 1. The van der Waals surface area contributed by atoms with Crippen LogP contribution in [0.15, 0.2) is 30.5 Å². The normalized spacial score (nSPS) is 11.2. The van der Waals surface area contributed by atoms with E-state index < -0.39 is 34.9 Å². The number of carbonyl (C=O) groups excluding carboxylic acids is 1. The molecule has 0 radical (unpaired) electrons. The molecule has 0 aliphatic carbocycles. The van der Waals surface area contributed by atoms with Gasteiger partial charge in [0.2, 0.25) is 0 Å². The molecule has 0 spiro atoms. The van der Waals surface area contributed by atoms with Gasteiger partial charge in [0.15, 0.2) is 5.69 Å². The first kappa shape index (κ1) is 14.6. The van der Waals surface area contributed by atoms with Crippen LogP contribution in [0.25, 0.3) is 0 Å². The minimum absolute atomic E-state index is 0.154. The van der Waals surface area contributed by atoms with Crippen LogP contribution in [0.5, 0.6) is 5.75 Å². The fraction of sp³-hybridized carbons (Fsp3) is 0.0833. The minimum atomic E-state index is -4.50. The number of carbonyl (C=O) groups is 2. The number of aromatic carboxylic acids is 1. The number of aromatic amines is 1. The van der Waals surface area contributed by atoms with Gasteiger partial charge in [-0.2, -0.15) is 18.3 Å². The van der Waals surface area contributed by atoms with Gasteiger partial charge in [-0.3, -0.25) is 5.10 Å². The van der Waals surface area contributed by atoms with Crippen molar-refractivity contribution in [1.82, 2.24) is 10.2 Å². The zero-order valence-electron chi connectivity index (χ0n) is 10.1. The van der Waals surface area contributed by atoms with Crippen molar-refractivity contribution in [2.24, 2.45) is 0 Å². The Bertz CT molecular complexity index is 677. The average molecular weight is 300 g/mol. The lowest BCUT2D eigenvalue weighted by molar-refractivity contribution is -0.137. The smallest absolute Gasteiger partial charge is 0.416 e. The fourth-order valence-electron chi connectivity index (χ4n) is 1.47. The van der Waals surface area contributed by atoms with Crippen LogP contribution in [0.1, 0.15) is 26.4 Å². The molecule has 0 bridgehead atoms. The number of hydrogen-bond donors (Lipinski definition) is 2. The summed E-state index contributed by atoms with van der Waals surface area (Å²) in [7, 11) is 0. The molecular weight excluding hydrogens is 293 g/mol. The molecule has 0 fully saturated rings. The summed E-state index contributed by atoms with van der Waals surface area (Å²) in [4.78, 5) is 22.5. The summed E-state index contributed by atoms with van der Waals surface area (Å²) < 4.78 is 41.9. The molecular formula is C12H7F3N2O4. The number of halogens is 3. The van der Waals surface area contributed by atoms with E-state index in [-0.39, 0.29) is 5.75 Å². The van der Waals surface area contributed by atoms with Crippen molar-refractivity contribution >= 4 is 11.9 Å². The molecule has 0 aliphatic rings. The summed E-state index contributed by atoms with van der Waals surface area (Å²) in [5.74, 6) is -2.60. The minimum Gasteiger partial charge on any atom is -0.478 e. The molecule has 0 saturated heterocycles. The number of carboxylic acids is 1. The number of hydrogen-bond acceptors (Lipinski definition) is 4. The first-order chi connectivity index (χ1) is 9.79. The molecule has 1 aromatic carbocycles. The van der Waals surface area contributed by atoms with Gasteiger partial charge in [0.25, 0.3) is 0 Å². The maximum Gasteiger partial charge on any atom is 0.416 e. The quantitative estimate of drug-likeness (QED) is 0.670. The average Bonchev–Trinajstić information content (AvgIpc) is 2.87. The highest BCUT2D eigenvalue weighted by atomic mass is 19.4. The number of benzene rings is 1. The van der Waals surface area contributed by atoms with E-state index in [2.05, 4.69) is 10.2 Å². The van der Waals surface area contributed by atoms with E-state index in [1.54, 1.807) is 0 Å². The van der Waals surface area contributed by atoms with Crippen molar-refractivity contribution in [1.29, 1.82) is 0 Å². The van der Waals surface area contributed by atoms with E-state index in [4.69, 9.17) is 9.84 Å². The Morgan fingerprint density at radius 1 is 1.19 bits per heavy atom. The van der Waals surface area contributed by atoms with Crippen molar-refractivity contribution in [3.8, 4) is 5.75 Å². The summed E-state index contributed by atoms with van der Waals surface area (Å²) in [5, 5.41) is 14.4. The number of alkyl halides is 3. The molecule has 0 unspecified atom stereocenters. The second-order valence-electron chi connectivity index (χ2n) is 3.88. The van der Waals surface area contributed by atoms with E-state index in [0.717, 1.165) is 30.5 Å². The maximum absolute atomic E-state index is 12.4. The second kappa shape index (κ2) is 5.27. The van der Waals surface area contributed by atoms with E-state index in [9.17, 15) is 22.8 Å². The lowest BCUT2D eigenvalue weighted by atomic mass is 10.2. The van der Waals surface area contributed by atoms with Crippen molar-refractivity contribution in [2.45, 2.75) is 6.18 Å². The lowest BCUT2D eigenvalue weighted by Gasteiger charge is -2.07. The number of ether oxygens (including phenoxy) is 1. The molecule has 2 N–H and O–H groups in total. The zero-order chi connectivity index (χ0) is 15.6. The highest BCUT2D eigenvalue weighted by Crippen LogP contribution is 2.30. The van der Waals surface area contributed by atoms with Crippen LogP contribution in [0, 0.1) is 0 Å². The maximum atomic E-state index is 12.4. The summed E-state index contributed by atoms with van der Waals surface area (Å²) >= 11 is 0. The summed E-state index contributed by atoms with van der Waals surface area (Å²) in [6.07, 6.45) is -3.58. The predicted octanol–water partition coefficient (Wildman–Crippen LogP) is 2.35. The monoisotopic (exact) mass is 300 g/mol. The molecule has 110 valence electrons. The number of H-pyrrole nitrogens is 1. The third-order valence-corrected chi connectivity index (χ3v) is 2.47. The highest BCUT2D eigenvalue weighted by molar-refractivity contribution is 6.01. The highest BCUT2D eigenvalue weighted by Gasteiger charge is 2.30. The Hall–Kier alpha value is -2.84. The molecule has 2 rings (SSSR count). The van der Waals surface area contributed by atoms with Gasteiger partial charge < -0.3 is 9.84 Å². The summed E-state index contributed by atoms with van der Waals surface area (Å²) in [6, 6.07) is 3.40. The molecule has 0 saturated carbocycles. The Balaban J connectivity index is 2.16. The number of nitrogens with one attached hydrogen (secondary N) is 1. The number of rotatable bonds is 3. The Kier molecular flexibility index (Phi) is 3.66. The van der Waals surface area contributed by atoms with Crippen LogP contribution in [0.2, 0.25) is 0 Å². The fourth-order valence-corrected chi connectivity index (χ4v) is 1.47. The van der Waals surface area contributed by atoms with E-state index in [0.29, 0.717) is 0 Å². The second-order valence-corrected chi connectivity index (χ2v) is 3.88. The van der Waals surface area contributed by atoms with Gasteiger partial charge in [0.1, 0.15) is 11.3 Å². The molecule has 0 aliphatic heterocycles. The van der Waals surface area contributed by atoms with E-state index >= 15 is 0 Å². The zero-order valence-corrected chi connectivity index (χ0v) is 10.1. The van der Waals surface area contributed by atoms with Crippen molar-refractivity contribution in [3.63, 3.8) is 0 Å². The molecule has 2 aromatic rings. The Morgan fingerprint density at radius 3 is 2.33 bits per heavy atom. The van der Waals surface area contributed by atoms with Crippen LogP contribution in [-0.4, -0.2) is 27.2 Å². The van der Waals surface area contributed by atoms with Crippen molar-refractivity contribution in [2.75, 3.05) is 0 Å². The topological polar surface area (TPSA) is 92.3 Å². The standard InChI is InChI=1S/C12H7F3N2O4/c13-12(14,15)6-1-3-7(4-2-6)21-11(20)9-8(10(18)19)5-16-17-9/h1-5H,(H,16,17)(H,18,19). The third kappa shape index (κ3) is 3.19. The number of aromatic nitrogens is 2. The first-order valence-corrected chi connectivity index (χ1v) is 5.45.